The second-order valence-electron chi connectivity index (χ2n) is 14.2. The number of hydrogen-bond donors (Lipinski definition) is 15. The monoisotopic (exact) mass is 770 g/mol. The zero-order valence-corrected chi connectivity index (χ0v) is 29.2. The lowest BCUT2D eigenvalue weighted by Crippen LogP contribution is -2.68. The molecule has 23 atom stereocenters. The van der Waals surface area contributed by atoms with E-state index in [-0.39, 0.29) is 5.57 Å². The lowest BCUT2D eigenvalue weighted by molar-refractivity contribution is -0.356. The summed E-state index contributed by atoms with van der Waals surface area (Å²) in [6.07, 6.45) is -24.1. The summed E-state index contributed by atoms with van der Waals surface area (Å²) >= 11 is 0. The van der Waals surface area contributed by atoms with E-state index in [1.807, 2.05) is 0 Å². The second-order valence-corrected chi connectivity index (χ2v) is 14.2. The van der Waals surface area contributed by atoms with E-state index in [1.165, 1.54) is 32.3 Å². The highest BCUT2D eigenvalue weighted by molar-refractivity contribution is 5.22. The highest BCUT2D eigenvalue weighted by atomic mass is 16.7. The van der Waals surface area contributed by atoms with Crippen LogP contribution in [0.25, 0.3) is 0 Å². The third-order valence-corrected chi connectivity index (χ3v) is 10.7. The molecule has 0 aromatic rings. The maximum absolute atomic E-state index is 11.1. The van der Waals surface area contributed by atoms with Gasteiger partial charge in [0.05, 0.1) is 49.6 Å². The van der Waals surface area contributed by atoms with Gasteiger partial charge in [-0.05, 0) is 19.4 Å². The first-order valence-electron chi connectivity index (χ1n) is 17.5. The van der Waals surface area contributed by atoms with Crippen molar-refractivity contribution in [2.45, 2.75) is 155 Å². The van der Waals surface area contributed by atoms with Gasteiger partial charge in [0.2, 0.25) is 0 Å². The van der Waals surface area contributed by atoms with Gasteiger partial charge in [0.15, 0.2) is 18.9 Å². The summed E-state index contributed by atoms with van der Waals surface area (Å²) in [5.74, 6) is 0. The second kappa shape index (κ2) is 17.8. The highest BCUT2D eigenvalue weighted by Gasteiger charge is 2.52. The minimum atomic E-state index is -1.87. The molecule has 306 valence electrons. The fourth-order valence-corrected chi connectivity index (χ4v) is 7.40. The summed E-state index contributed by atoms with van der Waals surface area (Å²) < 4.78 is 33.5. The van der Waals surface area contributed by atoms with E-state index in [2.05, 4.69) is 10.6 Å². The van der Waals surface area contributed by atoms with Crippen LogP contribution in [0.4, 0.5) is 0 Å². The van der Waals surface area contributed by atoms with Crippen LogP contribution in [0.15, 0.2) is 23.8 Å². The van der Waals surface area contributed by atoms with E-state index >= 15 is 0 Å². The number of ether oxygens (including phenoxy) is 6. The van der Waals surface area contributed by atoms with Gasteiger partial charge in [-0.15, -0.1) is 0 Å². The van der Waals surface area contributed by atoms with Crippen molar-refractivity contribution in [1.82, 2.24) is 10.6 Å². The van der Waals surface area contributed by atoms with Crippen LogP contribution < -0.4 is 10.6 Å². The molecule has 0 amide bonds. The third-order valence-electron chi connectivity index (χ3n) is 10.7. The standard InChI is InChI=1S/C32H54N2O19/c1-9-16(22(41)26(45)30(48-3)49-9)33-12-4-5-14(21(40)19(12)38)51-32-28(47)25(44)29(15(8-36)52-32)53-31-27(46)23(42)17(10(2)50-31)34-13-6-11(7-35)18(37)24(43)20(13)39/h4-6,9-10,12-47H,7-8H2,1-3H3. The van der Waals surface area contributed by atoms with E-state index in [9.17, 15) is 66.4 Å². The minimum absolute atomic E-state index is 0.0259. The van der Waals surface area contributed by atoms with Crippen LogP contribution in [0.1, 0.15) is 13.8 Å². The van der Waals surface area contributed by atoms with E-state index in [0.717, 1.165) is 0 Å². The molecule has 3 fully saturated rings. The topological polar surface area (TPSA) is 342 Å². The Balaban J connectivity index is 1.19. The molecule has 3 saturated heterocycles. The van der Waals surface area contributed by atoms with Crippen molar-refractivity contribution in [3.8, 4) is 0 Å². The van der Waals surface area contributed by atoms with Crippen molar-refractivity contribution < 1.29 is 94.8 Å². The zero-order chi connectivity index (χ0) is 39.0. The molecule has 2 aliphatic carbocycles. The molecular weight excluding hydrogens is 716 g/mol. The normalized spacial score (nSPS) is 52.3. The Kier molecular flexibility index (Phi) is 14.4. The van der Waals surface area contributed by atoms with Crippen LogP contribution in [-0.4, -0.2) is 227 Å². The Labute approximate surface area is 304 Å². The predicted molar refractivity (Wildman–Crippen MR) is 173 cm³/mol. The molecule has 15 N–H and O–H groups in total. The van der Waals surface area contributed by atoms with Crippen molar-refractivity contribution in [2.75, 3.05) is 20.3 Å². The van der Waals surface area contributed by atoms with Crippen LogP contribution >= 0.6 is 0 Å². The highest BCUT2D eigenvalue weighted by Crippen LogP contribution is 2.32. The SMILES string of the molecule is COC1OC(C)C(NC2C=CC(OC3OC(CO)C(OC4OC(C)C(NC5C=C(CO)C(O)C(O)C5O)C(O)C4O)C(O)C3O)C(O)C2O)C(O)C1O. The molecule has 21 heteroatoms. The molecule has 21 nitrogen and oxygen atoms in total. The maximum Gasteiger partial charge on any atom is 0.187 e. The van der Waals surface area contributed by atoms with Crippen molar-refractivity contribution in [3.05, 3.63) is 23.8 Å². The van der Waals surface area contributed by atoms with Crippen LogP contribution in [0.2, 0.25) is 0 Å². The number of rotatable bonds is 11. The van der Waals surface area contributed by atoms with Crippen molar-refractivity contribution in [2.24, 2.45) is 0 Å². The van der Waals surface area contributed by atoms with Crippen molar-refractivity contribution in [3.63, 3.8) is 0 Å². The van der Waals surface area contributed by atoms with Gasteiger partial charge in [0, 0.05) is 7.11 Å². The van der Waals surface area contributed by atoms with Gasteiger partial charge in [-0.1, -0.05) is 18.2 Å². The van der Waals surface area contributed by atoms with Crippen LogP contribution in [0.5, 0.6) is 0 Å². The maximum atomic E-state index is 11.1. The predicted octanol–water partition coefficient (Wildman–Crippen LogP) is -8.26. The Hall–Kier alpha value is -1.36. The quantitative estimate of drug-likeness (QED) is 0.0867. The van der Waals surface area contributed by atoms with Crippen LogP contribution in [0, 0.1) is 0 Å². The van der Waals surface area contributed by atoms with Crippen molar-refractivity contribution >= 4 is 0 Å². The molecule has 0 spiro atoms. The first kappa shape index (κ1) is 42.8. The van der Waals surface area contributed by atoms with Gasteiger partial charge >= 0.3 is 0 Å². The lowest BCUT2D eigenvalue weighted by Gasteiger charge is -2.48. The van der Waals surface area contributed by atoms with E-state index in [1.54, 1.807) is 6.92 Å². The summed E-state index contributed by atoms with van der Waals surface area (Å²) in [4.78, 5) is 0. The molecular formula is C32H54N2O19. The fourth-order valence-electron chi connectivity index (χ4n) is 7.40. The smallest absolute Gasteiger partial charge is 0.187 e. The average Bonchev–Trinajstić information content (AvgIpc) is 3.14. The molecule has 0 radical (unpaired) electrons. The van der Waals surface area contributed by atoms with Gasteiger partial charge in [-0.2, -0.15) is 0 Å². The largest absolute Gasteiger partial charge is 0.394 e. The average molecular weight is 771 g/mol. The Morgan fingerprint density at radius 2 is 1.11 bits per heavy atom. The molecule has 0 bridgehead atoms. The summed E-state index contributed by atoms with van der Waals surface area (Å²) in [7, 11) is 1.31. The lowest BCUT2D eigenvalue weighted by atomic mass is 9.86. The molecule has 3 heterocycles. The van der Waals surface area contributed by atoms with Crippen LogP contribution in [0.3, 0.4) is 0 Å². The third kappa shape index (κ3) is 8.66. The number of aliphatic hydroxyl groups is 13. The number of methoxy groups -OCH3 is 1. The Bertz CT molecular complexity index is 1250. The van der Waals surface area contributed by atoms with Gasteiger partial charge in [-0.3, -0.25) is 0 Å². The minimum Gasteiger partial charge on any atom is -0.394 e. The fraction of sp³-hybridized carbons (Fsp3) is 0.875. The molecule has 0 saturated carbocycles. The van der Waals surface area contributed by atoms with Gasteiger partial charge < -0.3 is 105 Å². The number of aliphatic hydroxyl groups excluding tert-OH is 13. The van der Waals surface area contributed by atoms with Gasteiger partial charge in [0.25, 0.3) is 0 Å². The summed E-state index contributed by atoms with van der Waals surface area (Å²) in [5.41, 5.74) is 0.0259. The number of hydrogen-bond acceptors (Lipinski definition) is 21. The summed E-state index contributed by atoms with van der Waals surface area (Å²) in [5, 5.41) is 143. The number of nitrogens with one attached hydrogen (secondary N) is 2. The van der Waals surface area contributed by atoms with Gasteiger partial charge in [-0.25, -0.2) is 0 Å². The molecule has 23 unspecified atom stereocenters. The molecule has 0 aromatic heterocycles. The Morgan fingerprint density at radius 3 is 1.70 bits per heavy atom. The molecule has 0 aromatic carbocycles. The Morgan fingerprint density at radius 1 is 0.585 bits per heavy atom. The van der Waals surface area contributed by atoms with E-state index in [0.29, 0.717) is 0 Å². The summed E-state index contributed by atoms with van der Waals surface area (Å²) in [6, 6.07) is -4.00. The van der Waals surface area contributed by atoms with Crippen LogP contribution in [-0.2, 0) is 28.4 Å². The van der Waals surface area contributed by atoms with E-state index < -0.39 is 154 Å². The molecule has 53 heavy (non-hydrogen) atoms. The first-order chi connectivity index (χ1) is 25.0. The van der Waals surface area contributed by atoms with Crippen molar-refractivity contribution in [1.29, 1.82) is 0 Å². The zero-order valence-electron chi connectivity index (χ0n) is 29.2. The van der Waals surface area contributed by atoms with E-state index in [4.69, 9.17) is 28.4 Å². The molecule has 5 aliphatic rings. The first-order valence-corrected chi connectivity index (χ1v) is 17.5. The molecule has 5 rings (SSSR count). The molecule has 3 aliphatic heterocycles. The van der Waals surface area contributed by atoms with Gasteiger partial charge in [0.1, 0.15) is 85.5 Å². The summed E-state index contributed by atoms with van der Waals surface area (Å²) in [6.45, 7) is 1.69.